The van der Waals surface area contributed by atoms with E-state index < -0.39 is 6.04 Å². The Morgan fingerprint density at radius 3 is 2.67 bits per heavy atom. The van der Waals surface area contributed by atoms with Gasteiger partial charge >= 0.3 is 0 Å². The lowest BCUT2D eigenvalue weighted by Crippen LogP contribution is -2.46. The highest BCUT2D eigenvalue weighted by Crippen LogP contribution is 2.33. The van der Waals surface area contributed by atoms with Gasteiger partial charge in [-0.05, 0) is 37.0 Å². The summed E-state index contributed by atoms with van der Waals surface area (Å²) in [7, 11) is 0. The van der Waals surface area contributed by atoms with Crippen LogP contribution in [0.3, 0.4) is 0 Å². The van der Waals surface area contributed by atoms with Crippen LogP contribution in [0.2, 0.25) is 0 Å². The second-order valence-electron chi connectivity index (χ2n) is 6.76. The number of ether oxygens (including phenoxy) is 1. The Morgan fingerprint density at radius 2 is 2.04 bits per heavy atom. The summed E-state index contributed by atoms with van der Waals surface area (Å²) >= 11 is 0. The molecule has 3 amide bonds. The maximum Gasteiger partial charge on any atom is 0.254 e. The van der Waals surface area contributed by atoms with Crippen LogP contribution in [0.25, 0.3) is 0 Å². The summed E-state index contributed by atoms with van der Waals surface area (Å²) in [6.45, 7) is 1.44. The van der Waals surface area contributed by atoms with Crippen molar-refractivity contribution in [3.05, 3.63) is 35.4 Å². The van der Waals surface area contributed by atoms with Gasteiger partial charge < -0.3 is 9.64 Å². The largest absolute Gasteiger partial charge is 0.381 e. The molecule has 0 unspecified atom stereocenters. The van der Waals surface area contributed by atoms with Crippen molar-refractivity contribution in [2.24, 2.45) is 0 Å². The zero-order valence-corrected chi connectivity index (χ0v) is 13.4. The van der Waals surface area contributed by atoms with Crippen molar-refractivity contribution in [1.82, 2.24) is 10.2 Å². The second kappa shape index (κ2) is 6.02. The lowest BCUT2D eigenvalue weighted by Gasteiger charge is -2.27. The Labute approximate surface area is 140 Å². The van der Waals surface area contributed by atoms with Crippen LogP contribution in [-0.4, -0.2) is 47.9 Å². The number of benzene rings is 1. The topological polar surface area (TPSA) is 75.7 Å². The first-order valence-electron chi connectivity index (χ1n) is 8.47. The molecule has 2 aliphatic heterocycles. The number of nitrogens with one attached hydrogen (secondary N) is 1. The van der Waals surface area contributed by atoms with Gasteiger partial charge in [0.2, 0.25) is 11.8 Å². The zero-order chi connectivity index (χ0) is 16.7. The van der Waals surface area contributed by atoms with E-state index in [1.165, 1.54) is 0 Å². The third-order valence-electron chi connectivity index (χ3n) is 4.99. The molecule has 1 aromatic carbocycles. The maximum absolute atomic E-state index is 13.0. The van der Waals surface area contributed by atoms with E-state index in [2.05, 4.69) is 5.32 Å². The van der Waals surface area contributed by atoms with Gasteiger partial charge in [0.1, 0.15) is 6.04 Å². The van der Waals surface area contributed by atoms with E-state index >= 15 is 0 Å². The van der Waals surface area contributed by atoms with Gasteiger partial charge in [-0.2, -0.15) is 0 Å². The molecule has 2 heterocycles. The quantitative estimate of drug-likeness (QED) is 0.843. The van der Waals surface area contributed by atoms with Gasteiger partial charge in [-0.25, -0.2) is 0 Å². The molecule has 4 rings (SSSR count). The standard InChI is InChI=1S/C18H20N2O4/c21-16-9-15(17(22)19-16)20(14-4-5-14)18(23)12-3-1-2-11(8-12)13-6-7-24-10-13/h1-3,8,13-15H,4-7,9-10H2,(H,19,21,22)/t13-,15-/m1/s1. The van der Waals surface area contributed by atoms with E-state index in [1.54, 1.807) is 11.0 Å². The zero-order valence-electron chi connectivity index (χ0n) is 13.4. The van der Waals surface area contributed by atoms with E-state index in [4.69, 9.17) is 4.74 Å². The van der Waals surface area contributed by atoms with Gasteiger partial charge in [0.05, 0.1) is 13.0 Å². The highest BCUT2D eigenvalue weighted by atomic mass is 16.5. The molecule has 3 aliphatic rings. The molecule has 3 fully saturated rings. The van der Waals surface area contributed by atoms with Crippen LogP contribution in [0.15, 0.2) is 24.3 Å². The summed E-state index contributed by atoms with van der Waals surface area (Å²) < 4.78 is 5.43. The fraction of sp³-hybridized carbons (Fsp3) is 0.500. The molecule has 6 heteroatoms. The molecule has 6 nitrogen and oxygen atoms in total. The van der Waals surface area contributed by atoms with Crippen molar-refractivity contribution in [3.8, 4) is 0 Å². The fourth-order valence-electron chi connectivity index (χ4n) is 3.55. The molecule has 0 radical (unpaired) electrons. The number of carbonyl (C=O) groups excluding carboxylic acids is 3. The first kappa shape index (κ1) is 15.3. The van der Waals surface area contributed by atoms with Gasteiger partial charge in [-0.1, -0.05) is 12.1 Å². The number of carbonyl (C=O) groups is 3. The van der Waals surface area contributed by atoms with E-state index in [0.717, 1.165) is 31.4 Å². The molecule has 1 saturated carbocycles. The van der Waals surface area contributed by atoms with E-state index in [1.807, 2.05) is 18.2 Å². The minimum absolute atomic E-state index is 0.0667. The average Bonchev–Trinajstić information content (AvgIpc) is 3.14. The first-order chi connectivity index (χ1) is 11.6. The van der Waals surface area contributed by atoms with Crippen LogP contribution in [-0.2, 0) is 14.3 Å². The molecule has 1 N–H and O–H groups in total. The molecule has 0 bridgehead atoms. The van der Waals surface area contributed by atoms with Crippen LogP contribution < -0.4 is 5.32 Å². The normalized spacial score (nSPS) is 26.5. The molecular formula is C18H20N2O4. The fourth-order valence-corrected chi connectivity index (χ4v) is 3.55. The van der Waals surface area contributed by atoms with Crippen molar-refractivity contribution in [1.29, 1.82) is 0 Å². The van der Waals surface area contributed by atoms with E-state index in [9.17, 15) is 14.4 Å². The molecule has 1 aliphatic carbocycles. The van der Waals surface area contributed by atoms with Gasteiger partial charge in [0.15, 0.2) is 0 Å². The summed E-state index contributed by atoms with van der Waals surface area (Å²) in [5.74, 6) is -0.502. The highest BCUT2D eigenvalue weighted by molar-refractivity contribution is 6.08. The molecule has 2 saturated heterocycles. The lowest BCUT2D eigenvalue weighted by molar-refractivity contribution is -0.126. The van der Waals surface area contributed by atoms with Crippen LogP contribution in [0, 0.1) is 0 Å². The number of rotatable bonds is 4. The van der Waals surface area contributed by atoms with Gasteiger partial charge in [0.25, 0.3) is 5.91 Å². The van der Waals surface area contributed by atoms with Gasteiger partial charge in [0, 0.05) is 24.1 Å². The van der Waals surface area contributed by atoms with Crippen molar-refractivity contribution in [2.75, 3.05) is 13.2 Å². The van der Waals surface area contributed by atoms with Crippen LogP contribution in [0.4, 0.5) is 0 Å². The molecule has 1 aromatic rings. The summed E-state index contributed by atoms with van der Waals surface area (Å²) in [5.41, 5.74) is 1.68. The molecule has 0 spiro atoms. The Morgan fingerprint density at radius 1 is 1.21 bits per heavy atom. The number of hydrogen-bond acceptors (Lipinski definition) is 4. The molecule has 2 atom stereocenters. The SMILES string of the molecule is O=C1C[C@@H](N(C(=O)c2cccc([C@@H]3CCOC3)c2)C2CC2)C(=O)N1. The van der Waals surface area contributed by atoms with E-state index in [-0.39, 0.29) is 30.2 Å². The predicted octanol–water partition coefficient (Wildman–Crippen LogP) is 1.21. The summed E-state index contributed by atoms with van der Waals surface area (Å²) in [5, 5.41) is 2.30. The number of nitrogens with zero attached hydrogens (tertiary/aromatic N) is 1. The maximum atomic E-state index is 13.0. The van der Waals surface area contributed by atoms with Crippen molar-refractivity contribution < 1.29 is 19.1 Å². The number of hydrogen-bond donors (Lipinski definition) is 1. The number of imide groups is 1. The van der Waals surface area contributed by atoms with E-state index in [0.29, 0.717) is 18.1 Å². The van der Waals surface area contributed by atoms with Crippen LogP contribution >= 0.6 is 0 Å². The van der Waals surface area contributed by atoms with Crippen molar-refractivity contribution >= 4 is 17.7 Å². The molecule has 24 heavy (non-hydrogen) atoms. The van der Waals surface area contributed by atoms with Crippen molar-refractivity contribution in [2.45, 2.75) is 43.7 Å². The average molecular weight is 328 g/mol. The summed E-state index contributed by atoms with van der Waals surface area (Å²) in [6.07, 6.45) is 2.81. The minimum atomic E-state index is -0.670. The Balaban J connectivity index is 1.60. The van der Waals surface area contributed by atoms with Gasteiger partial charge in [-0.3, -0.25) is 19.7 Å². The third-order valence-corrected chi connectivity index (χ3v) is 4.99. The minimum Gasteiger partial charge on any atom is -0.381 e. The second-order valence-corrected chi connectivity index (χ2v) is 6.76. The van der Waals surface area contributed by atoms with Crippen LogP contribution in [0.5, 0.6) is 0 Å². The summed E-state index contributed by atoms with van der Waals surface area (Å²) in [6, 6.07) is 6.99. The Bertz CT molecular complexity index is 692. The third kappa shape index (κ3) is 2.82. The molecule has 0 aromatic heterocycles. The van der Waals surface area contributed by atoms with Gasteiger partial charge in [-0.15, -0.1) is 0 Å². The highest BCUT2D eigenvalue weighted by Gasteiger charge is 2.44. The number of amides is 3. The summed E-state index contributed by atoms with van der Waals surface area (Å²) in [4.78, 5) is 38.2. The smallest absolute Gasteiger partial charge is 0.254 e. The van der Waals surface area contributed by atoms with Crippen LogP contribution in [0.1, 0.15) is 47.5 Å². The molecule has 126 valence electrons. The lowest BCUT2D eigenvalue weighted by atomic mass is 9.96. The van der Waals surface area contributed by atoms with Crippen molar-refractivity contribution in [3.63, 3.8) is 0 Å². The predicted molar refractivity (Wildman–Crippen MR) is 85.4 cm³/mol. The Hall–Kier alpha value is -2.21. The monoisotopic (exact) mass is 328 g/mol. The first-order valence-corrected chi connectivity index (χ1v) is 8.47. The molecular weight excluding hydrogens is 308 g/mol. The Kier molecular flexibility index (Phi) is 3.84.